The van der Waals surface area contributed by atoms with Crippen molar-refractivity contribution in [2.24, 2.45) is 5.92 Å². The predicted octanol–water partition coefficient (Wildman–Crippen LogP) is 3.18. The van der Waals surface area contributed by atoms with Crippen molar-refractivity contribution in [2.75, 3.05) is 6.54 Å². The first-order chi connectivity index (χ1) is 10.2. The van der Waals surface area contributed by atoms with Crippen LogP contribution in [0.25, 0.3) is 0 Å². The van der Waals surface area contributed by atoms with E-state index in [0.29, 0.717) is 6.54 Å². The Kier molecular flexibility index (Phi) is 3.76. The summed E-state index contributed by atoms with van der Waals surface area (Å²) < 4.78 is 0. The summed E-state index contributed by atoms with van der Waals surface area (Å²) in [5, 5.41) is 9.22. The Morgan fingerprint density at radius 2 is 1.52 bits per heavy atom. The average molecular weight is 281 g/mol. The van der Waals surface area contributed by atoms with E-state index in [4.69, 9.17) is 0 Å². The van der Waals surface area contributed by atoms with Gasteiger partial charge in [-0.1, -0.05) is 60.7 Å². The number of carbonyl (C=O) groups is 1. The average Bonchev–Trinajstić information content (AvgIpc) is 2.51. The van der Waals surface area contributed by atoms with Crippen LogP contribution < -0.4 is 0 Å². The van der Waals surface area contributed by atoms with Gasteiger partial charge in [-0.2, -0.15) is 0 Å². The van der Waals surface area contributed by atoms with Gasteiger partial charge in [-0.25, -0.2) is 0 Å². The summed E-state index contributed by atoms with van der Waals surface area (Å²) in [7, 11) is 0. The molecule has 3 nitrogen and oxygen atoms in total. The minimum absolute atomic E-state index is 0.0490. The molecule has 2 aromatic rings. The topological polar surface area (TPSA) is 40.5 Å². The van der Waals surface area contributed by atoms with Crippen molar-refractivity contribution in [3.05, 3.63) is 71.8 Å². The largest absolute Gasteiger partial charge is 0.481 e. The molecule has 2 atom stereocenters. The lowest BCUT2D eigenvalue weighted by Crippen LogP contribution is -2.58. The van der Waals surface area contributed by atoms with Crippen molar-refractivity contribution < 1.29 is 9.90 Å². The number of benzene rings is 2. The third-order valence-corrected chi connectivity index (χ3v) is 4.39. The molecule has 0 saturated carbocycles. The van der Waals surface area contributed by atoms with E-state index < -0.39 is 5.97 Å². The molecule has 0 aliphatic carbocycles. The van der Waals surface area contributed by atoms with Crippen LogP contribution in [0.3, 0.4) is 0 Å². The van der Waals surface area contributed by atoms with Gasteiger partial charge in [0.15, 0.2) is 0 Å². The van der Waals surface area contributed by atoms with E-state index in [0.717, 1.165) is 0 Å². The lowest BCUT2D eigenvalue weighted by molar-refractivity contribution is -0.153. The number of carboxylic acid groups (broad SMARTS) is 1. The molecule has 3 rings (SSSR count). The van der Waals surface area contributed by atoms with Crippen molar-refractivity contribution in [3.63, 3.8) is 0 Å². The van der Waals surface area contributed by atoms with E-state index in [1.807, 2.05) is 43.3 Å². The number of rotatable bonds is 4. The third-order valence-electron chi connectivity index (χ3n) is 4.39. The molecule has 21 heavy (non-hydrogen) atoms. The molecular formula is C18H19NO2. The predicted molar refractivity (Wildman–Crippen MR) is 82.0 cm³/mol. The second-order valence-corrected chi connectivity index (χ2v) is 5.61. The Bertz CT molecular complexity index is 572. The van der Waals surface area contributed by atoms with Crippen LogP contribution in [0.1, 0.15) is 24.1 Å². The maximum Gasteiger partial charge on any atom is 0.309 e. The van der Waals surface area contributed by atoms with Crippen molar-refractivity contribution in [2.45, 2.75) is 19.0 Å². The normalized spacial score (nSPS) is 22.0. The molecule has 1 aliphatic heterocycles. The Labute approximate surface area is 124 Å². The highest BCUT2D eigenvalue weighted by Gasteiger charge is 2.44. The van der Waals surface area contributed by atoms with Crippen LogP contribution >= 0.6 is 0 Å². The van der Waals surface area contributed by atoms with E-state index in [1.165, 1.54) is 11.1 Å². The first-order valence-corrected chi connectivity index (χ1v) is 7.27. The van der Waals surface area contributed by atoms with Crippen LogP contribution in [0.15, 0.2) is 60.7 Å². The highest BCUT2D eigenvalue weighted by molar-refractivity contribution is 5.72. The second kappa shape index (κ2) is 5.70. The van der Waals surface area contributed by atoms with Crippen LogP contribution in [-0.2, 0) is 4.79 Å². The van der Waals surface area contributed by atoms with Gasteiger partial charge >= 0.3 is 5.97 Å². The van der Waals surface area contributed by atoms with Crippen LogP contribution in [0.5, 0.6) is 0 Å². The fourth-order valence-corrected chi connectivity index (χ4v) is 3.11. The maximum absolute atomic E-state index is 11.2. The fraction of sp³-hybridized carbons (Fsp3) is 0.278. The summed E-state index contributed by atoms with van der Waals surface area (Å²) in [6.45, 7) is 2.60. The Hall–Kier alpha value is -2.13. The fourth-order valence-electron chi connectivity index (χ4n) is 3.11. The van der Waals surface area contributed by atoms with Gasteiger partial charge in [0.05, 0.1) is 12.0 Å². The molecule has 1 aliphatic rings. The van der Waals surface area contributed by atoms with Gasteiger partial charge in [0.1, 0.15) is 0 Å². The molecule has 1 saturated heterocycles. The number of nitrogens with zero attached hydrogens (tertiary/aromatic N) is 1. The summed E-state index contributed by atoms with van der Waals surface area (Å²) in [6.07, 6.45) is 0. The van der Waals surface area contributed by atoms with Crippen LogP contribution in [0, 0.1) is 5.92 Å². The second-order valence-electron chi connectivity index (χ2n) is 5.61. The zero-order valence-corrected chi connectivity index (χ0v) is 12.0. The molecule has 1 heterocycles. The summed E-state index contributed by atoms with van der Waals surface area (Å²) in [6, 6.07) is 20.7. The van der Waals surface area contributed by atoms with Gasteiger partial charge in [-0.05, 0) is 18.1 Å². The molecule has 0 radical (unpaired) electrons. The van der Waals surface area contributed by atoms with E-state index in [-0.39, 0.29) is 18.0 Å². The van der Waals surface area contributed by atoms with Crippen LogP contribution in [-0.4, -0.2) is 28.6 Å². The van der Waals surface area contributed by atoms with Gasteiger partial charge in [-0.3, -0.25) is 9.69 Å². The Balaban J connectivity index is 1.94. The van der Waals surface area contributed by atoms with Gasteiger partial charge < -0.3 is 5.11 Å². The third kappa shape index (κ3) is 2.57. The zero-order valence-electron chi connectivity index (χ0n) is 12.0. The quantitative estimate of drug-likeness (QED) is 0.935. The van der Waals surface area contributed by atoms with Gasteiger partial charge in [0.2, 0.25) is 0 Å². The molecule has 0 spiro atoms. The number of carboxylic acids is 1. The molecule has 2 aromatic carbocycles. The molecule has 0 bridgehead atoms. The molecule has 3 heteroatoms. The molecular weight excluding hydrogens is 262 g/mol. The number of likely N-dealkylation sites (tertiary alicyclic amines) is 1. The minimum Gasteiger partial charge on any atom is -0.481 e. The molecule has 0 aromatic heterocycles. The Morgan fingerprint density at radius 3 is 1.90 bits per heavy atom. The summed E-state index contributed by atoms with van der Waals surface area (Å²) in [5.41, 5.74) is 2.42. The number of aliphatic carboxylic acids is 1. The van der Waals surface area contributed by atoms with Crippen molar-refractivity contribution in [3.8, 4) is 0 Å². The van der Waals surface area contributed by atoms with Gasteiger partial charge in [0.25, 0.3) is 0 Å². The highest BCUT2D eigenvalue weighted by atomic mass is 16.4. The van der Waals surface area contributed by atoms with Gasteiger partial charge in [0, 0.05) is 12.6 Å². The van der Waals surface area contributed by atoms with Crippen molar-refractivity contribution in [1.29, 1.82) is 0 Å². The van der Waals surface area contributed by atoms with Crippen molar-refractivity contribution in [1.82, 2.24) is 4.90 Å². The first kappa shape index (κ1) is 13.8. The molecule has 1 N–H and O–H groups in total. The number of hydrogen-bond donors (Lipinski definition) is 1. The smallest absolute Gasteiger partial charge is 0.309 e. The monoisotopic (exact) mass is 281 g/mol. The lowest BCUT2D eigenvalue weighted by atomic mass is 9.84. The molecule has 0 amide bonds. The minimum atomic E-state index is -0.696. The highest BCUT2D eigenvalue weighted by Crippen LogP contribution is 2.38. The maximum atomic E-state index is 11.2. The summed E-state index contributed by atoms with van der Waals surface area (Å²) in [4.78, 5) is 13.5. The number of hydrogen-bond acceptors (Lipinski definition) is 2. The van der Waals surface area contributed by atoms with E-state index in [9.17, 15) is 9.90 Å². The van der Waals surface area contributed by atoms with Crippen LogP contribution in [0.2, 0.25) is 0 Å². The molecule has 108 valence electrons. The SMILES string of the molecule is C[C@@H]1C(C(=O)O)CN1C(c1ccccc1)c1ccccc1. The Morgan fingerprint density at radius 1 is 1.05 bits per heavy atom. The first-order valence-electron chi connectivity index (χ1n) is 7.27. The molecule has 1 unspecified atom stereocenters. The van der Waals surface area contributed by atoms with E-state index in [2.05, 4.69) is 29.2 Å². The van der Waals surface area contributed by atoms with E-state index in [1.54, 1.807) is 0 Å². The standard InChI is InChI=1S/C18H19NO2/c1-13-16(18(20)21)12-19(13)17(14-8-4-2-5-9-14)15-10-6-3-7-11-15/h2-11,13,16-17H,12H2,1H3,(H,20,21)/t13-,16?/m1/s1. The summed E-state index contributed by atoms with van der Waals surface area (Å²) >= 11 is 0. The van der Waals surface area contributed by atoms with E-state index >= 15 is 0 Å². The van der Waals surface area contributed by atoms with Gasteiger partial charge in [-0.15, -0.1) is 0 Å². The van der Waals surface area contributed by atoms with Crippen LogP contribution in [0.4, 0.5) is 0 Å². The van der Waals surface area contributed by atoms with Crippen molar-refractivity contribution >= 4 is 5.97 Å². The molecule has 1 fully saturated rings. The zero-order chi connectivity index (χ0) is 14.8. The summed E-state index contributed by atoms with van der Waals surface area (Å²) in [5.74, 6) is -0.960. The lowest BCUT2D eigenvalue weighted by Gasteiger charge is -2.49.